The first-order valence-corrected chi connectivity index (χ1v) is 7.94. The van der Waals surface area contributed by atoms with Crippen molar-refractivity contribution in [3.63, 3.8) is 0 Å². The maximum Gasteiger partial charge on any atom is 0.273 e. The number of carbonyl (C=O) groups is 1. The molecule has 2 aromatic rings. The fourth-order valence-electron chi connectivity index (χ4n) is 3.38. The van der Waals surface area contributed by atoms with E-state index in [0.717, 1.165) is 19.4 Å². The first kappa shape index (κ1) is 15.7. The largest absolute Gasteiger partial charge is 0.361 e. The molecule has 124 valence electrons. The van der Waals surface area contributed by atoms with Crippen molar-refractivity contribution < 1.29 is 9.32 Å². The van der Waals surface area contributed by atoms with Crippen LogP contribution in [0.2, 0.25) is 0 Å². The average molecular weight is 317 g/mol. The van der Waals surface area contributed by atoms with E-state index in [-0.39, 0.29) is 11.9 Å². The summed E-state index contributed by atoms with van der Waals surface area (Å²) in [6.45, 7) is 3.45. The van der Waals surface area contributed by atoms with Crippen molar-refractivity contribution in [1.82, 2.24) is 24.9 Å². The number of nitrogens with zero attached hydrogens (tertiary/aromatic N) is 4. The lowest BCUT2D eigenvalue weighted by atomic mass is 9.87. The molecule has 1 fully saturated rings. The molecule has 0 radical (unpaired) electrons. The Kier molecular flexibility index (Phi) is 4.47. The highest BCUT2D eigenvalue weighted by Crippen LogP contribution is 2.34. The summed E-state index contributed by atoms with van der Waals surface area (Å²) in [5.41, 5.74) is 1.52. The van der Waals surface area contributed by atoms with Crippen LogP contribution in [-0.2, 0) is 7.05 Å². The van der Waals surface area contributed by atoms with Crippen molar-refractivity contribution in [2.75, 3.05) is 20.1 Å². The highest BCUT2D eigenvalue weighted by Gasteiger charge is 2.32. The smallest absolute Gasteiger partial charge is 0.273 e. The van der Waals surface area contributed by atoms with Gasteiger partial charge in [0.15, 0.2) is 5.69 Å². The molecule has 3 rings (SSSR count). The standard InChI is InChI=1S/C16H23N5O2/c1-11-7-13(19-23-11)16(22)18-8-12-5-4-6-20(2)15(12)14-9-17-10-21(14)3/h7,9-10,12,15H,4-6,8H2,1-3H3,(H,18,22)/t12-,15+/m0/s1. The van der Waals surface area contributed by atoms with E-state index in [1.54, 1.807) is 13.0 Å². The Morgan fingerprint density at radius 1 is 1.48 bits per heavy atom. The second-order valence-electron chi connectivity index (χ2n) is 6.29. The van der Waals surface area contributed by atoms with Crippen LogP contribution in [0.15, 0.2) is 23.1 Å². The van der Waals surface area contributed by atoms with Gasteiger partial charge in [-0.05, 0) is 39.3 Å². The summed E-state index contributed by atoms with van der Waals surface area (Å²) >= 11 is 0. The molecule has 1 amide bonds. The molecule has 0 spiro atoms. The third-order valence-corrected chi connectivity index (χ3v) is 4.55. The lowest BCUT2D eigenvalue weighted by Gasteiger charge is -2.39. The molecule has 0 unspecified atom stereocenters. The number of piperidine rings is 1. The van der Waals surface area contributed by atoms with E-state index in [2.05, 4.69) is 32.0 Å². The minimum Gasteiger partial charge on any atom is -0.361 e. The van der Waals surface area contributed by atoms with Gasteiger partial charge in [-0.3, -0.25) is 9.69 Å². The monoisotopic (exact) mass is 317 g/mol. The maximum absolute atomic E-state index is 12.2. The Hall–Kier alpha value is -2.15. The Morgan fingerprint density at radius 3 is 2.96 bits per heavy atom. The highest BCUT2D eigenvalue weighted by molar-refractivity contribution is 5.92. The van der Waals surface area contributed by atoms with Crippen molar-refractivity contribution in [1.29, 1.82) is 0 Å². The molecule has 23 heavy (non-hydrogen) atoms. The number of aromatic nitrogens is 3. The average Bonchev–Trinajstić information content (AvgIpc) is 3.13. The summed E-state index contributed by atoms with van der Waals surface area (Å²) in [6.07, 6.45) is 5.96. The number of likely N-dealkylation sites (tertiary alicyclic amines) is 1. The minimum atomic E-state index is -0.182. The molecule has 7 nitrogen and oxygen atoms in total. The van der Waals surface area contributed by atoms with Crippen LogP contribution in [0.4, 0.5) is 0 Å². The number of hydrogen-bond donors (Lipinski definition) is 1. The van der Waals surface area contributed by atoms with Gasteiger partial charge in [-0.25, -0.2) is 4.98 Å². The minimum absolute atomic E-state index is 0.182. The Morgan fingerprint density at radius 2 is 2.30 bits per heavy atom. The van der Waals surface area contributed by atoms with E-state index in [1.165, 1.54) is 5.69 Å². The van der Waals surface area contributed by atoms with E-state index in [9.17, 15) is 4.79 Å². The molecule has 0 aromatic carbocycles. The fourth-order valence-corrected chi connectivity index (χ4v) is 3.38. The Bertz CT molecular complexity index is 678. The number of nitrogens with one attached hydrogen (secondary N) is 1. The lowest BCUT2D eigenvalue weighted by molar-refractivity contribution is 0.0874. The first-order chi connectivity index (χ1) is 11.1. The number of hydrogen-bond acceptors (Lipinski definition) is 5. The van der Waals surface area contributed by atoms with Crippen LogP contribution in [-0.4, -0.2) is 45.7 Å². The summed E-state index contributed by atoms with van der Waals surface area (Å²) in [7, 11) is 4.14. The lowest BCUT2D eigenvalue weighted by Crippen LogP contribution is -2.42. The molecule has 2 atom stereocenters. The normalized spacial score (nSPS) is 22.2. The van der Waals surface area contributed by atoms with E-state index in [1.807, 2.05) is 19.6 Å². The number of carbonyl (C=O) groups excluding carboxylic acids is 1. The predicted molar refractivity (Wildman–Crippen MR) is 84.9 cm³/mol. The summed E-state index contributed by atoms with van der Waals surface area (Å²) in [6, 6.07) is 1.91. The molecule has 0 aliphatic carbocycles. The molecule has 7 heteroatoms. The molecular weight excluding hydrogens is 294 g/mol. The van der Waals surface area contributed by atoms with Gasteiger partial charge in [-0.15, -0.1) is 0 Å². The predicted octanol–water partition coefficient (Wildman–Crippen LogP) is 1.53. The molecule has 1 saturated heterocycles. The summed E-state index contributed by atoms with van der Waals surface area (Å²) in [5.74, 6) is 0.806. The zero-order valence-corrected chi connectivity index (χ0v) is 13.8. The molecular formula is C16H23N5O2. The molecule has 1 aliphatic rings. The zero-order valence-electron chi connectivity index (χ0n) is 13.8. The van der Waals surface area contributed by atoms with Crippen molar-refractivity contribution in [2.24, 2.45) is 13.0 Å². The zero-order chi connectivity index (χ0) is 16.4. The SMILES string of the molecule is Cc1cc(C(=O)NC[C@@H]2CCCN(C)[C@H]2c2cncn2C)no1. The van der Waals surface area contributed by atoms with Gasteiger partial charge in [0, 0.05) is 25.9 Å². The topological polar surface area (TPSA) is 76.2 Å². The maximum atomic E-state index is 12.2. The van der Waals surface area contributed by atoms with E-state index < -0.39 is 0 Å². The van der Waals surface area contributed by atoms with Gasteiger partial charge in [0.2, 0.25) is 0 Å². The first-order valence-electron chi connectivity index (χ1n) is 7.94. The van der Waals surface area contributed by atoms with Crippen LogP contribution >= 0.6 is 0 Å². The Labute approximate surface area is 135 Å². The summed E-state index contributed by atoms with van der Waals surface area (Å²) in [5, 5.41) is 6.76. The molecule has 1 N–H and O–H groups in total. The van der Waals surface area contributed by atoms with Crippen LogP contribution in [0.5, 0.6) is 0 Å². The number of imidazole rings is 1. The van der Waals surface area contributed by atoms with Crippen molar-refractivity contribution in [3.05, 3.63) is 35.7 Å². The van der Waals surface area contributed by atoms with Crippen LogP contribution in [0.1, 0.15) is 40.8 Å². The van der Waals surface area contributed by atoms with E-state index >= 15 is 0 Å². The van der Waals surface area contributed by atoms with Gasteiger partial charge in [-0.1, -0.05) is 5.16 Å². The van der Waals surface area contributed by atoms with E-state index in [0.29, 0.717) is 23.9 Å². The highest BCUT2D eigenvalue weighted by atomic mass is 16.5. The molecule has 3 heterocycles. The Balaban J connectivity index is 1.69. The van der Waals surface area contributed by atoms with Crippen LogP contribution in [0.25, 0.3) is 0 Å². The third-order valence-electron chi connectivity index (χ3n) is 4.55. The fraction of sp³-hybridized carbons (Fsp3) is 0.562. The van der Waals surface area contributed by atoms with Crippen molar-refractivity contribution in [2.45, 2.75) is 25.8 Å². The van der Waals surface area contributed by atoms with Gasteiger partial charge in [0.1, 0.15) is 5.76 Å². The van der Waals surface area contributed by atoms with Crippen LogP contribution < -0.4 is 5.32 Å². The number of amides is 1. The van der Waals surface area contributed by atoms with Gasteiger partial charge < -0.3 is 14.4 Å². The third kappa shape index (κ3) is 3.29. The van der Waals surface area contributed by atoms with Gasteiger partial charge in [-0.2, -0.15) is 0 Å². The van der Waals surface area contributed by atoms with Crippen molar-refractivity contribution >= 4 is 5.91 Å². The quantitative estimate of drug-likeness (QED) is 0.925. The number of aryl methyl sites for hydroxylation is 2. The summed E-state index contributed by atoms with van der Waals surface area (Å²) in [4.78, 5) is 18.8. The van der Waals surface area contributed by atoms with Gasteiger partial charge in [0.05, 0.1) is 18.1 Å². The second kappa shape index (κ2) is 6.54. The van der Waals surface area contributed by atoms with Gasteiger partial charge in [0.25, 0.3) is 5.91 Å². The van der Waals surface area contributed by atoms with Crippen LogP contribution in [0.3, 0.4) is 0 Å². The summed E-state index contributed by atoms with van der Waals surface area (Å²) < 4.78 is 7.02. The van der Waals surface area contributed by atoms with Gasteiger partial charge >= 0.3 is 0 Å². The van der Waals surface area contributed by atoms with Crippen molar-refractivity contribution in [3.8, 4) is 0 Å². The van der Waals surface area contributed by atoms with Crippen LogP contribution in [0, 0.1) is 12.8 Å². The second-order valence-corrected chi connectivity index (χ2v) is 6.29. The number of rotatable bonds is 4. The molecule has 0 bridgehead atoms. The molecule has 1 aliphatic heterocycles. The molecule has 2 aromatic heterocycles. The molecule has 0 saturated carbocycles. The van der Waals surface area contributed by atoms with E-state index in [4.69, 9.17) is 4.52 Å².